The van der Waals surface area contributed by atoms with Crippen molar-refractivity contribution in [1.82, 2.24) is 9.88 Å². The quantitative estimate of drug-likeness (QED) is 0.846. The summed E-state index contributed by atoms with van der Waals surface area (Å²) < 4.78 is 5.54. The predicted octanol–water partition coefficient (Wildman–Crippen LogP) is 3.67. The first-order chi connectivity index (χ1) is 9.52. The first-order valence-corrected chi connectivity index (χ1v) is 8.16. The van der Waals surface area contributed by atoms with Crippen LogP contribution < -0.4 is 0 Å². The van der Waals surface area contributed by atoms with Crippen LogP contribution in [0.1, 0.15) is 35.3 Å². The van der Waals surface area contributed by atoms with Crippen molar-refractivity contribution in [2.24, 2.45) is 0 Å². The molecule has 2 rings (SSSR count). The number of hydrogen-bond acceptors (Lipinski definition) is 5. The molecule has 0 aliphatic rings. The maximum Gasteiger partial charge on any atom is 0.254 e. The van der Waals surface area contributed by atoms with Gasteiger partial charge in [-0.25, -0.2) is 4.98 Å². The fourth-order valence-corrected chi connectivity index (χ4v) is 3.49. The Labute approximate surface area is 127 Å². The van der Waals surface area contributed by atoms with Crippen LogP contribution in [0.2, 0.25) is 0 Å². The number of thiazole rings is 1. The molecule has 6 heteroatoms. The molecule has 1 amide bonds. The summed E-state index contributed by atoms with van der Waals surface area (Å²) in [6, 6.07) is 1.90. The van der Waals surface area contributed by atoms with Crippen molar-refractivity contribution in [3.63, 3.8) is 0 Å². The van der Waals surface area contributed by atoms with Gasteiger partial charge in [-0.2, -0.15) is 0 Å². The van der Waals surface area contributed by atoms with Crippen LogP contribution >= 0.6 is 22.7 Å². The number of amides is 1. The first kappa shape index (κ1) is 15.2. The van der Waals surface area contributed by atoms with Crippen molar-refractivity contribution in [2.45, 2.75) is 20.0 Å². The topological polar surface area (TPSA) is 42.4 Å². The van der Waals surface area contributed by atoms with E-state index in [1.807, 2.05) is 30.7 Å². The van der Waals surface area contributed by atoms with Crippen LogP contribution in [-0.2, 0) is 4.74 Å². The Balaban J connectivity index is 2.18. The van der Waals surface area contributed by atoms with Crippen LogP contribution in [0, 0.1) is 0 Å². The third-order valence-electron chi connectivity index (χ3n) is 2.79. The zero-order valence-corrected chi connectivity index (χ0v) is 13.7. The first-order valence-electron chi connectivity index (χ1n) is 6.40. The van der Waals surface area contributed by atoms with Gasteiger partial charge in [-0.15, -0.1) is 22.7 Å². The highest BCUT2D eigenvalue weighted by Gasteiger charge is 2.15. The van der Waals surface area contributed by atoms with Gasteiger partial charge in [-0.1, -0.05) is 0 Å². The summed E-state index contributed by atoms with van der Waals surface area (Å²) in [7, 11) is 3.51. The van der Waals surface area contributed by atoms with Crippen molar-refractivity contribution < 1.29 is 9.53 Å². The number of carbonyl (C=O) groups excluding carboxylic acids is 1. The third kappa shape index (κ3) is 3.26. The Kier molecular flexibility index (Phi) is 4.91. The average molecular weight is 310 g/mol. The minimum atomic E-state index is 0.0154. The van der Waals surface area contributed by atoms with Gasteiger partial charge in [0.2, 0.25) is 0 Å². The van der Waals surface area contributed by atoms with E-state index in [4.69, 9.17) is 4.74 Å². The molecule has 2 aromatic rings. The van der Waals surface area contributed by atoms with Crippen molar-refractivity contribution in [2.75, 3.05) is 20.7 Å². The van der Waals surface area contributed by atoms with Gasteiger partial charge in [-0.3, -0.25) is 4.79 Å². The number of ether oxygens (including phenoxy) is 1. The van der Waals surface area contributed by atoms with Crippen LogP contribution in [0.15, 0.2) is 16.8 Å². The summed E-state index contributed by atoms with van der Waals surface area (Å²) in [6.45, 7) is 4.65. The van der Waals surface area contributed by atoms with Gasteiger partial charge in [0.1, 0.15) is 11.1 Å². The molecule has 0 aromatic carbocycles. The zero-order valence-electron chi connectivity index (χ0n) is 12.0. The lowest BCUT2D eigenvalue weighted by Gasteiger charge is -2.07. The van der Waals surface area contributed by atoms with E-state index in [1.54, 1.807) is 41.7 Å². The predicted molar refractivity (Wildman–Crippen MR) is 83.5 cm³/mol. The van der Waals surface area contributed by atoms with E-state index in [0.717, 1.165) is 15.6 Å². The fourth-order valence-electron chi connectivity index (χ4n) is 1.75. The second kappa shape index (κ2) is 6.47. The molecule has 0 aliphatic carbocycles. The lowest BCUT2D eigenvalue weighted by molar-refractivity contribution is 0.0762. The second-order valence-electron chi connectivity index (χ2n) is 4.57. The van der Waals surface area contributed by atoms with E-state index in [9.17, 15) is 4.79 Å². The molecule has 0 unspecified atom stereocenters. The number of rotatable bonds is 5. The normalized spacial score (nSPS) is 12.4. The molecule has 0 bridgehead atoms. The standard InChI is InChI=1S/C14H18N2O2S2/c1-5-18-9(2)13-15-11(8-20-13)12-6-10(7-19-12)14(17)16(3)4/h6-9H,5H2,1-4H3/t9-/m1/s1. The molecule has 2 aromatic heterocycles. The molecule has 2 heterocycles. The van der Waals surface area contributed by atoms with Crippen molar-refractivity contribution in [1.29, 1.82) is 0 Å². The SMILES string of the molecule is CCO[C@H](C)c1nc(-c2cc(C(=O)N(C)C)cs2)cs1. The highest BCUT2D eigenvalue weighted by Crippen LogP contribution is 2.31. The molecule has 20 heavy (non-hydrogen) atoms. The van der Waals surface area contributed by atoms with Gasteiger partial charge in [0.25, 0.3) is 5.91 Å². The summed E-state index contributed by atoms with van der Waals surface area (Å²) >= 11 is 3.13. The van der Waals surface area contributed by atoms with Gasteiger partial charge in [0.15, 0.2) is 0 Å². The maximum atomic E-state index is 11.9. The van der Waals surface area contributed by atoms with Crippen molar-refractivity contribution in [3.05, 3.63) is 27.4 Å². The molecule has 0 saturated carbocycles. The van der Waals surface area contributed by atoms with Gasteiger partial charge < -0.3 is 9.64 Å². The molecule has 108 valence electrons. The Morgan fingerprint density at radius 2 is 2.15 bits per heavy atom. The molecule has 0 aliphatic heterocycles. The lowest BCUT2D eigenvalue weighted by atomic mass is 10.2. The van der Waals surface area contributed by atoms with E-state index in [-0.39, 0.29) is 12.0 Å². The second-order valence-corrected chi connectivity index (χ2v) is 6.37. The van der Waals surface area contributed by atoms with Crippen molar-refractivity contribution >= 4 is 28.6 Å². The molecule has 0 saturated heterocycles. The minimum absolute atomic E-state index is 0.0154. The molecular formula is C14H18N2O2S2. The van der Waals surface area contributed by atoms with Gasteiger partial charge in [0.05, 0.1) is 16.1 Å². The van der Waals surface area contributed by atoms with Crippen LogP contribution in [0.4, 0.5) is 0 Å². The highest BCUT2D eigenvalue weighted by atomic mass is 32.1. The largest absolute Gasteiger partial charge is 0.372 e. The van der Waals surface area contributed by atoms with Crippen LogP contribution in [-0.4, -0.2) is 36.5 Å². The van der Waals surface area contributed by atoms with E-state index < -0.39 is 0 Å². The number of carbonyl (C=O) groups is 1. The third-order valence-corrected chi connectivity index (χ3v) is 4.75. The summed E-state index contributed by atoms with van der Waals surface area (Å²) in [4.78, 5) is 19.1. The van der Waals surface area contributed by atoms with Crippen LogP contribution in [0.5, 0.6) is 0 Å². The monoisotopic (exact) mass is 310 g/mol. The number of aromatic nitrogens is 1. The summed E-state index contributed by atoms with van der Waals surface area (Å²) in [6.07, 6.45) is 0.0154. The molecule has 0 N–H and O–H groups in total. The van der Waals surface area contributed by atoms with Gasteiger partial charge in [0, 0.05) is 31.5 Å². The Morgan fingerprint density at radius 1 is 1.40 bits per heavy atom. The van der Waals surface area contributed by atoms with E-state index in [1.165, 1.54) is 0 Å². The van der Waals surface area contributed by atoms with E-state index >= 15 is 0 Å². The van der Waals surface area contributed by atoms with Gasteiger partial charge in [-0.05, 0) is 19.9 Å². The number of hydrogen-bond donors (Lipinski definition) is 0. The number of nitrogens with zero attached hydrogens (tertiary/aromatic N) is 2. The lowest BCUT2D eigenvalue weighted by Crippen LogP contribution is -2.20. The summed E-state index contributed by atoms with van der Waals surface area (Å²) in [5.41, 5.74) is 1.63. The van der Waals surface area contributed by atoms with Gasteiger partial charge >= 0.3 is 0 Å². The maximum absolute atomic E-state index is 11.9. The summed E-state index contributed by atoms with van der Waals surface area (Å²) in [5, 5.41) is 4.86. The van der Waals surface area contributed by atoms with E-state index in [0.29, 0.717) is 12.2 Å². The average Bonchev–Trinajstić information content (AvgIpc) is 3.06. The molecular weight excluding hydrogens is 292 g/mol. The highest BCUT2D eigenvalue weighted by molar-refractivity contribution is 7.14. The molecule has 0 radical (unpaired) electrons. The van der Waals surface area contributed by atoms with Crippen molar-refractivity contribution in [3.8, 4) is 10.6 Å². The number of thiophene rings is 1. The van der Waals surface area contributed by atoms with Crippen LogP contribution in [0.25, 0.3) is 10.6 Å². The Bertz CT molecular complexity index is 590. The van der Waals surface area contributed by atoms with Crippen LogP contribution in [0.3, 0.4) is 0 Å². The molecule has 0 fully saturated rings. The fraction of sp³-hybridized carbons (Fsp3) is 0.429. The molecule has 4 nitrogen and oxygen atoms in total. The molecule has 0 spiro atoms. The Hall–Kier alpha value is -1.24. The zero-order chi connectivity index (χ0) is 14.7. The summed E-state index contributed by atoms with van der Waals surface area (Å²) in [5.74, 6) is 0.0191. The molecule has 1 atom stereocenters. The minimum Gasteiger partial charge on any atom is -0.372 e. The van der Waals surface area contributed by atoms with E-state index in [2.05, 4.69) is 4.98 Å². The Morgan fingerprint density at radius 3 is 2.80 bits per heavy atom. The smallest absolute Gasteiger partial charge is 0.254 e.